The fourth-order valence-corrected chi connectivity index (χ4v) is 3.13. The lowest BCUT2D eigenvalue weighted by Gasteiger charge is -2.09. The number of nitro groups is 1. The summed E-state index contributed by atoms with van der Waals surface area (Å²) < 4.78 is 1.62. The van der Waals surface area contributed by atoms with Crippen LogP contribution in [0.25, 0.3) is 39.0 Å². The quantitative estimate of drug-likeness (QED) is 0.353. The van der Waals surface area contributed by atoms with E-state index in [-0.39, 0.29) is 5.69 Å². The maximum absolute atomic E-state index is 11.2. The molecule has 0 amide bonds. The van der Waals surface area contributed by atoms with Crippen LogP contribution >= 0.6 is 0 Å². The largest absolute Gasteiger partial charge is 0.271 e. The molecule has 0 aliphatic rings. The fourth-order valence-electron chi connectivity index (χ4n) is 3.13. The average Bonchev–Trinajstić information content (AvgIpc) is 3.16. The van der Waals surface area contributed by atoms with E-state index in [9.17, 15) is 10.1 Å². The molecule has 8 heteroatoms. The molecule has 0 spiro atoms. The number of fused-ring (bicyclic) bond motifs is 2. The second-order valence-electron chi connectivity index (χ2n) is 6.19. The molecule has 8 nitrogen and oxygen atoms in total. The fraction of sp³-hybridized carbons (Fsp3) is 0. The Hall–Kier alpha value is -4.20. The molecule has 0 bridgehead atoms. The Morgan fingerprint density at radius 2 is 1.86 bits per heavy atom. The lowest BCUT2D eigenvalue weighted by Crippen LogP contribution is -2.04. The molecule has 0 aliphatic heterocycles. The summed E-state index contributed by atoms with van der Waals surface area (Å²) in [6.07, 6.45) is 5.05. The first-order valence-electron chi connectivity index (χ1n) is 8.50. The number of rotatable bonds is 3. The van der Waals surface area contributed by atoms with Gasteiger partial charge in [0.15, 0.2) is 11.6 Å². The van der Waals surface area contributed by atoms with E-state index in [0.29, 0.717) is 17.2 Å². The van der Waals surface area contributed by atoms with Gasteiger partial charge in [-0.2, -0.15) is 5.10 Å². The molecule has 0 radical (unpaired) electrons. The molecule has 0 aliphatic carbocycles. The normalized spacial score (nSPS) is 11.1. The summed E-state index contributed by atoms with van der Waals surface area (Å²) in [6, 6.07) is 16.0. The number of benzene rings is 2. The Labute approximate surface area is 158 Å². The lowest BCUT2D eigenvalue weighted by atomic mass is 10.2. The van der Waals surface area contributed by atoms with Crippen molar-refractivity contribution in [2.75, 3.05) is 0 Å². The smallest absolute Gasteiger partial charge is 0.264 e. The Kier molecular flexibility index (Phi) is 3.55. The maximum atomic E-state index is 11.2. The van der Waals surface area contributed by atoms with Gasteiger partial charge in [-0.15, -0.1) is 0 Å². The Balaban J connectivity index is 1.82. The molecule has 0 fully saturated rings. The van der Waals surface area contributed by atoms with E-state index in [4.69, 9.17) is 4.98 Å². The number of nitro benzene ring substituents is 1. The van der Waals surface area contributed by atoms with Crippen molar-refractivity contribution in [1.29, 1.82) is 0 Å². The van der Waals surface area contributed by atoms with Crippen molar-refractivity contribution in [2.24, 2.45) is 0 Å². The highest BCUT2D eigenvalue weighted by molar-refractivity contribution is 5.90. The number of hydrogen-bond acceptors (Lipinski definition) is 6. The monoisotopic (exact) mass is 368 g/mol. The Bertz CT molecular complexity index is 1350. The van der Waals surface area contributed by atoms with Gasteiger partial charge in [0.1, 0.15) is 0 Å². The van der Waals surface area contributed by atoms with Crippen LogP contribution in [-0.4, -0.2) is 29.7 Å². The van der Waals surface area contributed by atoms with Crippen LogP contribution in [0.5, 0.6) is 0 Å². The highest BCUT2D eigenvalue weighted by Crippen LogP contribution is 2.28. The third kappa shape index (κ3) is 2.55. The van der Waals surface area contributed by atoms with Crippen LogP contribution in [0, 0.1) is 10.1 Å². The van der Waals surface area contributed by atoms with Crippen LogP contribution in [-0.2, 0) is 0 Å². The van der Waals surface area contributed by atoms with Gasteiger partial charge in [-0.25, -0.2) is 14.6 Å². The topological polar surface area (TPSA) is 99.6 Å². The average molecular weight is 368 g/mol. The van der Waals surface area contributed by atoms with Gasteiger partial charge in [0, 0.05) is 40.9 Å². The summed E-state index contributed by atoms with van der Waals surface area (Å²) in [4.78, 5) is 24.3. The number of non-ortho nitro benzene ring substituents is 1. The molecule has 3 aromatic heterocycles. The van der Waals surface area contributed by atoms with E-state index < -0.39 is 4.92 Å². The van der Waals surface area contributed by atoms with Gasteiger partial charge in [0.05, 0.1) is 22.2 Å². The van der Waals surface area contributed by atoms with Crippen molar-refractivity contribution in [3.05, 3.63) is 83.3 Å². The SMILES string of the molecule is O=[N+]([O-])c1ccc2cnn(-c3nc(-c4cccnc4)nc4ccccc34)c2c1. The van der Waals surface area contributed by atoms with Gasteiger partial charge < -0.3 is 0 Å². The third-order valence-electron chi connectivity index (χ3n) is 4.47. The van der Waals surface area contributed by atoms with Gasteiger partial charge in [0.2, 0.25) is 0 Å². The Morgan fingerprint density at radius 3 is 2.68 bits per heavy atom. The molecule has 28 heavy (non-hydrogen) atoms. The second kappa shape index (κ2) is 6.20. The molecule has 5 aromatic rings. The predicted molar refractivity (Wildman–Crippen MR) is 104 cm³/mol. The van der Waals surface area contributed by atoms with Gasteiger partial charge in [-0.3, -0.25) is 15.1 Å². The van der Waals surface area contributed by atoms with Crippen molar-refractivity contribution < 1.29 is 4.92 Å². The number of pyridine rings is 1. The van der Waals surface area contributed by atoms with E-state index in [1.165, 1.54) is 12.1 Å². The first-order chi connectivity index (χ1) is 13.7. The summed E-state index contributed by atoms with van der Waals surface area (Å²) in [5, 5.41) is 17.2. The van der Waals surface area contributed by atoms with Gasteiger partial charge in [-0.1, -0.05) is 12.1 Å². The molecule has 0 saturated heterocycles. The van der Waals surface area contributed by atoms with E-state index in [2.05, 4.69) is 15.1 Å². The van der Waals surface area contributed by atoms with Crippen molar-refractivity contribution in [2.45, 2.75) is 0 Å². The van der Waals surface area contributed by atoms with Crippen molar-refractivity contribution in [1.82, 2.24) is 24.7 Å². The number of nitrogens with zero attached hydrogens (tertiary/aromatic N) is 6. The van der Waals surface area contributed by atoms with E-state index in [1.807, 2.05) is 36.4 Å². The van der Waals surface area contributed by atoms with E-state index in [1.54, 1.807) is 29.3 Å². The highest BCUT2D eigenvalue weighted by atomic mass is 16.6. The molecule has 0 N–H and O–H groups in total. The molecule has 2 aromatic carbocycles. The summed E-state index contributed by atoms with van der Waals surface area (Å²) >= 11 is 0. The molecular formula is C20H12N6O2. The minimum Gasteiger partial charge on any atom is -0.264 e. The van der Waals surface area contributed by atoms with Crippen LogP contribution in [0.3, 0.4) is 0 Å². The highest BCUT2D eigenvalue weighted by Gasteiger charge is 2.16. The first kappa shape index (κ1) is 16.0. The molecule has 5 rings (SSSR count). The van der Waals surface area contributed by atoms with Crippen molar-refractivity contribution >= 4 is 27.5 Å². The van der Waals surface area contributed by atoms with Crippen LogP contribution in [0.1, 0.15) is 0 Å². The van der Waals surface area contributed by atoms with Crippen LogP contribution in [0.4, 0.5) is 5.69 Å². The standard InChI is InChI=1S/C20H12N6O2/c27-26(28)15-8-7-13-12-22-25(18(13)10-15)20-16-5-1-2-6-17(16)23-19(24-20)14-4-3-9-21-11-14/h1-12H. The molecular weight excluding hydrogens is 356 g/mol. The van der Waals surface area contributed by atoms with Crippen LogP contribution in [0.15, 0.2) is 73.2 Å². The van der Waals surface area contributed by atoms with E-state index in [0.717, 1.165) is 21.9 Å². The summed E-state index contributed by atoms with van der Waals surface area (Å²) in [5.41, 5.74) is 2.13. The number of hydrogen-bond donors (Lipinski definition) is 0. The maximum Gasteiger partial charge on any atom is 0.271 e. The molecule has 0 atom stereocenters. The van der Waals surface area contributed by atoms with Crippen LogP contribution in [0.2, 0.25) is 0 Å². The molecule has 134 valence electrons. The zero-order valence-corrected chi connectivity index (χ0v) is 14.4. The summed E-state index contributed by atoms with van der Waals surface area (Å²) in [6.45, 7) is 0. The minimum absolute atomic E-state index is 0.0000875. The Morgan fingerprint density at radius 1 is 0.964 bits per heavy atom. The van der Waals surface area contributed by atoms with Gasteiger partial charge >= 0.3 is 0 Å². The first-order valence-corrected chi connectivity index (χ1v) is 8.50. The molecule has 0 saturated carbocycles. The predicted octanol–water partition coefficient (Wildman–Crippen LogP) is 3.94. The third-order valence-corrected chi connectivity index (χ3v) is 4.47. The minimum atomic E-state index is -0.421. The van der Waals surface area contributed by atoms with Crippen LogP contribution < -0.4 is 0 Å². The second-order valence-corrected chi connectivity index (χ2v) is 6.19. The number of para-hydroxylation sites is 1. The number of aromatic nitrogens is 5. The zero-order chi connectivity index (χ0) is 19.1. The molecule has 3 heterocycles. The zero-order valence-electron chi connectivity index (χ0n) is 14.4. The molecule has 0 unspecified atom stereocenters. The summed E-state index contributed by atoms with van der Waals surface area (Å²) in [7, 11) is 0. The van der Waals surface area contributed by atoms with E-state index >= 15 is 0 Å². The van der Waals surface area contributed by atoms with Crippen molar-refractivity contribution in [3.63, 3.8) is 0 Å². The lowest BCUT2D eigenvalue weighted by molar-refractivity contribution is -0.384. The van der Waals surface area contributed by atoms with Gasteiger partial charge in [-0.05, 0) is 30.3 Å². The van der Waals surface area contributed by atoms with Crippen molar-refractivity contribution in [3.8, 4) is 17.2 Å². The van der Waals surface area contributed by atoms with Gasteiger partial charge in [0.25, 0.3) is 5.69 Å². The summed E-state index contributed by atoms with van der Waals surface area (Å²) in [5.74, 6) is 1.07.